The first kappa shape index (κ1) is 14.9. The summed E-state index contributed by atoms with van der Waals surface area (Å²) < 4.78 is 11.2. The van der Waals surface area contributed by atoms with E-state index in [1.165, 1.54) is 0 Å². The lowest BCUT2D eigenvalue weighted by Crippen LogP contribution is -2.45. The first-order valence-electron chi connectivity index (χ1n) is 8.61. The summed E-state index contributed by atoms with van der Waals surface area (Å²) in [6.45, 7) is 3.66. The Morgan fingerprint density at radius 1 is 1.35 bits per heavy atom. The quantitative estimate of drug-likeness (QED) is 0.788. The van der Waals surface area contributed by atoms with Gasteiger partial charge >= 0.3 is 5.97 Å². The third-order valence-corrected chi connectivity index (χ3v) is 5.82. The predicted molar refractivity (Wildman–Crippen MR) is 86.3 cm³/mol. The molecule has 4 heteroatoms. The zero-order valence-corrected chi connectivity index (χ0v) is 13.4. The maximum atomic E-state index is 12.2. The first-order valence-corrected chi connectivity index (χ1v) is 8.61. The van der Waals surface area contributed by atoms with Gasteiger partial charge in [-0.1, -0.05) is 12.1 Å². The van der Waals surface area contributed by atoms with Gasteiger partial charge in [0.2, 0.25) is 0 Å². The number of pyridine rings is 1. The summed E-state index contributed by atoms with van der Waals surface area (Å²) in [7, 11) is 0. The van der Waals surface area contributed by atoms with Crippen LogP contribution in [0.3, 0.4) is 0 Å². The number of fused-ring (bicyclic) bond motifs is 2. The van der Waals surface area contributed by atoms with E-state index >= 15 is 0 Å². The van der Waals surface area contributed by atoms with Crippen molar-refractivity contribution in [2.45, 2.75) is 25.9 Å². The molecule has 3 aliphatic rings. The Morgan fingerprint density at radius 2 is 2.26 bits per heavy atom. The largest absolute Gasteiger partial charge is 0.462 e. The first-order chi connectivity index (χ1) is 11.2. The number of esters is 1. The van der Waals surface area contributed by atoms with Crippen molar-refractivity contribution in [3.05, 3.63) is 36.2 Å². The number of carbonyl (C=O) groups excluding carboxylic acids is 1. The van der Waals surface area contributed by atoms with E-state index in [2.05, 4.69) is 17.1 Å². The molecule has 0 spiro atoms. The number of nitrogens with zero attached hydrogens (tertiary/aromatic N) is 1. The highest BCUT2D eigenvalue weighted by molar-refractivity contribution is 5.75. The van der Waals surface area contributed by atoms with Crippen LogP contribution in [0.1, 0.15) is 25.5 Å². The van der Waals surface area contributed by atoms with Crippen LogP contribution in [0, 0.1) is 29.6 Å². The number of allylic oxidation sites excluding steroid dienone is 1. The van der Waals surface area contributed by atoms with Gasteiger partial charge in [0.15, 0.2) is 0 Å². The average Bonchev–Trinajstić information content (AvgIpc) is 2.87. The summed E-state index contributed by atoms with van der Waals surface area (Å²) in [5.74, 6) is 1.74. The topological polar surface area (TPSA) is 48.4 Å². The Kier molecular flexibility index (Phi) is 3.93. The molecule has 4 nitrogen and oxygen atoms in total. The number of aromatic nitrogens is 1. The normalized spacial score (nSPS) is 39.8. The van der Waals surface area contributed by atoms with Gasteiger partial charge in [0, 0.05) is 25.3 Å². The van der Waals surface area contributed by atoms with Gasteiger partial charge in [0.05, 0.1) is 11.6 Å². The van der Waals surface area contributed by atoms with Crippen molar-refractivity contribution in [1.29, 1.82) is 0 Å². The van der Waals surface area contributed by atoms with Crippen LogP contribution in [0.25, 0.3) is 6.08 Å². The Labute approximate surface area is 136 Å². The molecule has 0 amide bonds. The summed E-state index contributed by atoms with van der Waals surface area (Å²) >= 11 is 0. The van der Waals surface area contributed by atoms with Gasteiger partial charge in [0.1, 0.15) is 6.10 Å². The molecule has 122 valence electrons. The lowest BCUT2D eigenvalue weighted by molar-refractivity contribution is -0.144. The van der Waals surface area contributed by atoms with Crippen molar-refractivity contribution in [1.82, 2.24) is 4.98 Å². The lowest BCUT2D eigenvalue weighted by Gasteiger charge is -2.45. The molecule has 2 aliphatic heterocycles. The maximum absolute atomic E-state index is 12.2. The summed E-state index contributed by atoms with van der Waals surface area (Å²) in [5.41, 5.74) is 0.969. The van der Waals surface area contributed by atoms with Crippen molar-refractivity contribution >= 4 is 12.0 Å². The monoisotopic (exact) mass is 313 g/mol. The minimum atomic E-state index is -0.0113. The molecule has 3 fully saturated rings. The van der Waals surface area contributed by atoms with E-state index in [1.54, 1.807) is 0 Å². The third-order valence-electron chi connectivity index (χ3n) is 5.82. The van der Waals surface area contributed by atoms with E-state index in [4.69, 9.17) is 9.47 Å². The van der Waals surface area contributed by atoms with Crippen molar-refractivity contribution in [3.8, 4) is 0 Å². The van der Waals surface area contributed by atoms with Crippen LogP contribution in [0.5, 0.6) is 0 Å². The zero-order chi connectivity index (χ0) is 15.8. The molecule has 1 aromatic rings. The molecule has 0 N–H and O–H groups in total. The molecule has 0 aromatic carbocycles. The van der Waals surface area contributed by atoms with Crippen molar-refractivity contribution < 1.29 is 14.3 Å². The Morgan fingerprint density at radius 3 is 3.09 bits per heavy atom. The summed E-state index contributed by atoms with van der Waals surface area (Å²) in [6.07, 6.45) is 8.20. The fourth-order valence-corrected chi connectivity index (χ4v) is 4.80. The molecule has 2 saturated heterocycles. The van der Waals surface area contributed by atoms with Crippen LogP contribution in [-0.4, -0.2) is 30.3 Å². The second-order valence-electron chi connectivity index (χ2n) is 7.04. The predicted octanol–water partition coefficient (Wildman–Crippen LogP) is 2.95. The highest BCUT2D eigenvalue weighted by atomic mass is 16.6. The molecule has 23 heavy (non-hydrogen) atoms. The molecule has 4 rings (SSSR count). The molecular weight excluding hydrogens is 290 g/mol. The molecule has 0 unspecified atom stereocenters. The second kappa shape index (κ2) is 6.08. The molecule has 1 saturated carbocycles. The Bertz CT molecular complexity index is 600. The van der Waals surface area contributed by atoms with Crippen molar-refractivity contribution in [2.75, 3.05) is 13.2 Å². The molecule has 3 heterocycles. The van der Waals surface area contributed by atoms with Gasteiger partial charge in [0.25, 0.3) is 0 Å². The maximum Gasteiger partial charge on any atom is 0.309 e. The third kappa shape index (κ3) is 2.69. The van der Waals surface area contributed by atoms with Crippen LogP contribution in [-0.2, 0) is 14.3 Å². The van der Waals surface area contributed by atoms with E-state index in [9.17, 15) is 4.79 Å². The SMILES string of the molecule is C[C@H]1OC(=O)[C@@H]2C[C@@H]3COCC[C@H]3[C@H](C=Cc3ccccn3)[C@H]12. The highest BCUT2D eigenvalue weighted by Crippen LogP contribution is 2.51. The van der Waals surface area contributed by atoms with Crippen LogP contribution < -0.4 is 0 Å². The van der Waals surface area contributed by atoms with Gasteiger partial charge in [-0.25, -0.2) is 0 Å². The van der Waals surface area contributed by atoms with Crippen molar-refractivity contribution in [2.24, 2.45) is 29.6 Å². The number of hydrogen-bond acceptors (Lipinski definition) is 4. The van der Waals surface area contributed by atoms with Gasteiger partial charge < -0.3 is 9.47 Å². The van der Waals surface area contributed by atoms with Crippen LogP contribution >= 0.6 is 0 Å². The van der Waals surface area contributed by atoms with Gasteiger partial charge in [-0.05, 0) is 55.7 Å². The van der Waals surface area contributed by atoms with Crippen molar-refractivity contribution in [3.63, 3.8) is 0 Å². The Hall–Kier alpha value is -1.68. The smallest absolute Gasteiger partial charge is 0.309 e. The number of hydrogen-bond donors (Lipinski definition) is 0. The summed E-state index contributed by atoms with van der Waals surface area (Å²) in [5, 5.41) is 0. The lowest BCUT2D eigenvalue weighted by atomic mass is 9.60. The van der Waals surface area contributed by atoms with Gasteiger partial charge in [-0.15, -0.1) is 0 Å². The molecule has 1 aliphatic carbocycles. The molecule has 0 bridgehead atoms. The van der Waals surface area contributed by atoms with E-state index in [1.807, 2.05) is 31.3 Å². The minimum Gasteiger partial charge on any atom is -0.462 e. The van der Waals surface area contributed by atoms with E-state index in [0.29, 0.717) is 23.7 Å². The number of carbonyl (C=O) groups is 1. The average molecular weight is 313 g/mol. The van der Waals surface area contributed by atoms with E-state index in [0.717, 1.165) is 31.7 Å². The van der Waals surface area contributed by atoms with Gasteiger partial charge in [-0.2, -0.15) is 0 Å². The van der Waals surface area contributed by atoms with Crippen LogP contribution in [0.2, 0.25) is 0 Å². The van der Waals surface area contributed by atoms with Crippen LogP contribution in [0.15, 0.2) is 30.5 Å². The second-order valence-corrected chi connectivity index (χ2v) is 7.04. The number of ether oxygens (including phenoxy) is 2. The number of rotatable bonds is 2. The van der Waals surface area contributed by atoms with Gasteiger partial charge in [-0.3, -0.25) is 9.78 Å². The standard InChI is InChI=1S/C19H23NO3/c1-12-18-16(6-5-14-4-2-3-8-20-14)15-7-9-22-11-13(15)10-17(18)19(21)23-12/h2-6,8,12-13,15-18H,7,9-11H2,1H3/t12-,13-,15-,16+,17-,18+/m1/s1. The number of cyclic esters (lactones) is 1. The molecular formula is C19H23NO3. The van der Waals surface area contributed by atoms with E-state index < -0.39 is 0 Å². The molecule has 0 radical (unpaired) electrons. The summed E-state index contributed by atoms with van der Waals surface area (Å²) in [4.78, 5) is 16.6. The summed E-state index contributed by atoms with van der Waals surface area (Å²) in [6, 6.07) is 5.93. The Balaban J connectivity index is 1.64. The van der Waals surface area contributed by atoms with E-state index in [-0.39, 0.29) is 18.0 Å². The fourth-order valence-electron chi connectivity index (χ4n) is 4.80. The highest BCUT2D eigenvalue weighted by Gasteiger charge is 2.53. The molecule has 1 aromatic heterocycles. The fraction of sp³-hybridized carbons (Fsp3) is 0.579. The molecule has 6 atom stereocenters. The zero-order valence-electron chi connectivity index (χ0n) is 13.4. The minimum absolute atomic E-state index is 0.00896. The van der Waals surface area contributed by atoms with Crippen LogP contribution in [0.4, 0.5) is 0 Å².